The van der Waals surface area contributed by atoms with Gasteiger partial charge in [-0.05, 0) is 20.3 Å². The van der Waals surface area contributed by atoms with E-state index in [4.69, 9.17) is 16.1 Å². The molecule has 3 aromatic rings. The molecular formula is C13H17ClN6O. The number of halogens is 1. The maximum absolute atomic E-state index is 6.28. The van der Waals surface area contributed by atoms with Gasteiger partial charge in [0, 0.05) is 7.05 Å². The SMILES string of the molecule is CCc1nn(C)c2c1nc(C(C)Cl)n2Cc1nc(C)no1. The largest absolute Gasteiger partial charge is 0.337 e. The van der Waals surface area contributed by atoms with Crippen LogP contribution < -0.4 is 0 Å². The van der Waals surface area contributed by atoms with Crippen molar-refractivity contribution < 1.29 is 4.52 Å². The Kier molecular flexibility index (Phi) is 3.44. The zero-order valence-electron chi connectivity index (χ0n) is 12.5. The molecule has 3 heterocycles. The topological polar surface area (TPSA) is 74.6 Å². The molecule has 0 saturated heterocycles. The van der Waals surface area contributed by atoms with Crippen LogP contribution in [0.15, 0.2) is 4.52 Å². The first-order valence-electron chi connectivity index (χ1n) is 6.86. The maximum Gasteiger partial charge on any atom is 0.246 e. The van der Waals surface area contributed by atoms with E-state index in [1.165, 1.54) is 0 Å². The molecular weight excluding hydrogens is 292 g/mol. The second kappa shape index (κ2) is 5.14. The van der Waals surface area contributed by atoms with Gasteiger partial charge in [0.05, 0.1) is 11.1 Å². The van der Waals surface area contributed by atoms with Crippen molar-refractivity contribution in [3.05, 3.63) is 23.2 Å². The highest BCUT2D eigenvalue weighted by Gasteiger charge is 2.22. The number of rotatable bonds is 4. The van der Waals surface area contributed by atoms with Gasteiger partial charge in [-0.3, -0.25) is 4.68 Å². The maximum atomic E-state index is 6.28. The van der Waals surface area contributed by atoms with Gasteiger partial charge in [-0.1, -0.05) is 12.1 Å². The molecule has 0 N–H and O–H groups in total. The zero-order valence-corrected chi connectivity index (χ0v) is 13.2. The molecule has 0 amide bonds. The fraction of sp³-hybridized carbons (Fsp3) is 0.538. The van der Waals surface area contributed by atoms with E-state index in [0.29, 0.717) is 18.3 Å². The van der Waals surface area contributed by atoms with Gasteiger partial charge in [-0.2, -0.15) is 10.1 Å². The van der Waals surface area contributed by atoms with E-state index in [-0.39, 0.29) is 5.38 Å². The highest BCUT2D eigenvalue weighted by Crippen LogP contribution is 2.27. The highest BCUT2D eigenvalue weighted by molar-refractivity contribution is 6.20. The van der Waals surface area contributed by atoms with Crippen molar-refractivity contribution in [2.45, 2.75) is 39.1 Å². The first-order valence-corrected chi connectivity index (χ1v) is 7.30. The Morgan fingerprint density at radius 3 is 2.67 bits per heavy atom. The molecule has 0 aliphatic rings. The van der Waals surface area contributed by atoms with Crippen molar-refractivity contribution >= 4 is 22.8 Å². The number of fused-ring (bicyclic) bond motifs is 1. The second-order valence-electron chi connectivity index (χ2n) is 5.00. The molecule has 0 aliphatic carbocycles. The molecule has 1 atom stereocenters. The third-order valence-electron chi connectivity index (χ3n) is 3.37. The average Bonchev–Trinajstić information content (AvgIpc) is 3.07. The van der Waals surface area contributed by atoms with Crippen molar-refractivity contribution in [2.75, 3.05) is 0 Å². The second-order valence-corrected chi connectivity index (χ2v) is 5.66. The number of aromatic nitrogens is 6. The Bertz CT molecular complexity index is 784. The van der Waals surface area contributed by atoms with Crippen molar-refractivity contribution in [2.24, 2.45) is 7.05 Å². The Hall–Kier alpha value is -1.89. The molecule has 0 fully saturated rings. The Morgan fingerprint density at radius 1 is 1.33 bits per heavy atom. The molecule has 3 rings (SSSR count). The summed E-state index contributed by atoms with van der Waals surface area (Å²) in [6.07, 6.45) is 0.824. The number of aryl methyl sites for hydroxylation is 3. The van der Waals surface area contributed by atoms with Crippen LogP contribution in [0.3, 0.4) is 0 Å². The van der Waals surface area contributed by atoms with Crippen LogP contribution >= 0.6 is 11.6 Å². The van der Waals surface area contributed by atoms with Gasteiger partial charge < -0.3 is 9.09 Å². The van der Waals surface area contributed by atoms with Crippen LogP contribution in [0.2, 0.25) is 0 Å². The quantitative estimate of drug-likeness (QED) is 0.692. The number of alkyl halides is 1. The van der Waals surface area contributed by atoms with E-state index in [1.807, 2.05) is 23.2 Å². The van der Waals surface area contributed by atoms with Gasteiger partial charge >= 0.3 is 0 Å². The lowest BCUT2D eigenvalue weighted by molar-refractivity contribution is 0.366. The molecule has 112 valence electrons. The van der Waals surface area contributed by atoms with Crippen LogP contribution in [0.25, 0.3) is 11.2 Å². The molecule has 0 spiro atoms. The summed E-state index contributed by atoms with van der Waals surface area (Å²) in [6, 6.07) is 0. The van der Waals surface area contributed by atoms with Gasteiger partial charge in [-0.25, -0.2) is 4.98 Å². The van der Waals surface area contributed by atoms with Crippen LogP contribution in [0.4, 0.5) is 0 Å². The Labute approximate surface area is 126 Å². The molecule has 21 heavy (non-hydrogen) atoms. The smallest absolute Gasteiger partial charge is 0.246 e. The van der Waals surface area contributed by atoms with Crippen molar-refractivity contribution in [3.63, 3.8) is 0 Å². The summed E-state index contributed by atoms with van der Waals surface area (Å²) < 4.78 is 9.03. The summed E-state index contributed by atoms with van der Waals surface area (Å²) in [5, 5.41) is 8.10. The van der Waals surface area contributed by atoms with Crippen LogP contribution in [0.5, 0.6) is 0 Å². The summed E-state index contributed by atoms with van der Waals surface area (Å²) >= 11 is 6.28. The van der Waals surface area contributed by atoms with Gasteiger partial charge in [-0.15, -0.1) is 11.6 Å². The minimum atomic E-state index is -0.217. The van der Waals surface area contributed by atoms with Crippen molar-refractivity contribution in [3.8, 4) is 0 Å². The van der Waals surface area contributed by atoms with Gasteiger partial charge in [0.15, 0.2) is 11.5 Å². The lowest BCUT2D eigenvalue weighted by atomic mass is 10.3. The predicted molar refractivity (Wildman–Crippen MR) is 78.3 cm³/mol. The Morgan fingerprint density at radius 2 is 2.10 bits per heavy atom. The molecule has 7 nitrogen and oxygen atoms in total. The number of hydrogen-bond acceptors (Lipinski definition) is 5. The molecule has 1 unspecified atom stereocenters. The third kappa shape index (κ3) is 2.31. The average molecular weight is 309 g/mol. The lowest BCUT2D eigenvalue weighted by Gasteiger charge is -2.08. The minimum absolute atomic E-state index is 0.217. The number of hydrogen-bond donors (Lipinski definition) is 0. The highest BCUT2D eigenvalue weighted by atomic mass is 35.5. The first kappa shape index (κ1) is 14.1. The van der Waals surface area contributed by atoms with E-state index in [9.17, 15) is 0 Å². The fourth-order valence-corrected chi connectivity index (χ4v) is 2.66. The van der Waals surface area contributed by atoms with Gasteiger partial charge in [0.1, 0.15) is 17.9 Å². The van der Waals surface area contributed by atoms with Crippen molar-refractivity contribution in [1.82, 2.24) is 29.5 Å². The zero-order chi connectivity index (χ0) is 15.1. The summed E-state index contributed by atoms with van der Waals surface area (Å²) in [6.45, 7) is 6.19. The first-order chi connectivity index (χ1) is 10.0. The van der Waals surface area contributed by atoms with Gasteiger partial charge in [0.2, 0.25) is 5.89 Å². The minimum Gasteiger partial charge on any atom is -0.337 e. The molecule has 0 aromatic carbocycles. The van der Waals surface area contributed by atoms with E-state index in [1.54, 1.807) is 6.92 Å². The van der Waals surface area contributed by atoms with Crippen LogP contribution in [0.1, 0.15) is 42.5 Å². The van der Waals surface area contributed by atoms with E-state index >= 15 is 0 Å². The molecule has 0 bridgehead atoms. The third-order valence-corrected chi connectivity index (χ3v) is 3.57. The van der Waals surface area contributed by atoms with Crippen LogP contribution in [-0.4, -0.2) is 29.5 Å². The molecule has 8 heteroatoms. The lowest BCUT2D eigenvalue weighted by Crippen LogP contribution is -2.09. The normalized spacial score (nSPS) is 13.2. The number of nitrogens with zero attached hydrogens (tertiary/aromatic N) is 6. The van der Waals surface area contributed by atoms with Crippen LogP contribution in [0, 0.1) is 6.92 Å². The molecule has 0 radical (unpaired) electrons. The molecule has 0 saturated carbocycles. The fourth-order valence-electron chi connectivity index (χ4n) is 2.50. The summed E-state index contributed by atoms with van der Waals surface area (Å²) in [5.41, 5.74) is 2.77. The summed E-state index contributed by atoms with van der Waals surface area (Å²) in [4.78, 5) is 8.91. The predicted octanol–water partition coefficient (Wildman–Crippen LogP) is 2.37. The van der Waals surface area contributed by atoms with Gasteiger partial charge in [0.25, 0.3) is 0 Å². The standard InChI is InChI=1S/C13H17ClN6O/c1-5-9-11-13(19(4)17-9)20(12(16-11)7(2)14)6-10-15-8(3)18-21-10/h7H,5-6H2,1-4H3. The monoisotopic (exact) mass is 308 g/mol. The van der Waals surface area contributed by atoms with E-state index < -0.39 is 0 Å². The molecule has 3 aromatic heterocycles. The number of imidazole rings is 1. The summed E-state index contributed by atoms with van der Waals surface area (Å²) in [5.74, 6) is 1.93. The van der Waals surface area contributed by atoms with E-state index in [0.717, 1.165) is 29.1 Å². The van der Waals surface area contributed by atoms with Crippen molar-refractivity contribution in [1.29, 1.82) is 0 Å². The molecule has 0 aliphatic heterocycles. The van der Waals surface area contributed by atoms with E-state index in [2.05, 4.69) is 27.1 Å². The Balaban J connectivity index is 2.18. The van der Waals surface area contributed by atoms with Crippen LogP contribution in [-0.2, 0) is 20.0 Å². The summed E-state index contributed by atoms with van der Waals surface area (Å²) in [7, 11) is 1.90.